The quantitative estimate of drug-likeness (QED) is 0.146. The molecule has 2 aromatic carbocycles. The maximum atomic E-state index is 12.8. The van der Waals surface area contributed by atoms with Gasteiger partial charge in [0.15, 0.2) is 0 Å². The van der Waals surface area contributed by atoms with Gasteiger partial charge in [0.1, 0.15) is 0 Å². The van der Waals surface area contributed by atoms with E-state index in [-0.39, 0.29) is 29.6 Å². The van der Waals surface area contributed by atoms with E-state index in [4.69, 9.17) is 16.7 Å². The summed E-state index contributed by atoms with van der Waals surface area (Å²) in [7, 11) is -7.37. The number of sulfonamides is 2. The average Bonchev–Trinajstić information content (AvgIpc) is 3.70. The van der Waals surface area contributed by atoms with Crippen LogP contribution in [-0.2, 0) is 50.8 Å². The number of benzene rings is 2. The minimum Gasteiger partial charge on any atom is -0.340 e. The lowest BCUT2D eigenvalue weighted by atomic mass is 9.99. The lowest BCUT2D eigenvalue weighted by Crippen LogP contribution is -2.45. The van der Waals surface area contributed by atoms with Crippen molar-refractivity contribution >= 4 is 43.2 Å². The molecule has 276 valence electrons. The molecule has 0 atom stereocenters. The number of piperidine rings is 1. The molecule has 2 fully saturated rings. The van der Waals surface area contributed by atoms with Crippen molar-refractivity contribution in [2.45, 2.75) is 75.4 Å². The van der Waals surface area contributed by atoms with Gasteiger partial charge >= 0.3 is 0 Å². The van der Waals surface area contributed by atoms with Crippen LogP contribution in [0.3, 0.4) is 0 Å². The third kappa shape index (κ3) is 8.80. The summed E-state index contributed by atoms with van der Waals surface area (Å²) in [5.41, 5.74) is 3.90. The summed E-state index contributed by atoms with van der Waals surface area (Å²) in [5.74, 6) is 0.290. The van der Waals surface area contributed by atoms with Crippen molar-refractivity contribution in [3.63, 3.8) is 0 Å². The van der Waals surface area contributed by atoms with Crippen LogP contribution in [0.1, 0.15) is 55.3 Å². The van der Waals surface area contributed by atoms with Gasteiger partial charge in [-0.25, -0.2) is 21.6 Å². The highest BCUT2D eigenvalue weighted by Crippen LogP contribution is 2.33. The summed E-state index contributed by atoms with van der Waals surface area (Å²) in [5, 5.41) is 16.6. The molecule has 2 saturated heterocycles. The zero-order valence-electron chi connectivity index (χ0n) is 28.7. The predicted octanol–water partition coefficient (Wildman–Crippen LogP) is 3.82. The highest BCUT2D eigenvalue weighted by molar-refractivity contribution is 7.89. The monoisotopic (exact) mass is 761 g/mol. The molecule has 17 heteroatoms. The fraction of sp³-hybridized carbons (Fsp3) is 0.529. The van der Waals surface area contributed by atoms with Gasteiger partial charge in [0.05, 0.1) is 21.8 Å². The van der Waals surface area contributed by atoms with Crippen molar-refractivity contribution in [3.8, 4) is 11.3 Å². The number of likely N-dealkylation sites (tertiary alicyclic amines) is 2. The molecule has 6 rings (SSSR count). The number of aromatic nitrogens is 2. The van der Waals surface area contributed by atoms with Crippen molar-refractivity contribution < 1.29 is 26.6 Å². The second kappa shape index (κ2) is 15.7. The first kappa shape index (κ1) is 37.4. The number of aryl methyl sites for hydroxylation is 2. The Kier molecular flexibility index (Phi) is 11.5. The Labute approximate surface area is 304 Å². The molecule has 3 aliphatic rings. The normalized spacial score (nSPS) is 18.0. The summed E-state index contributed by atoms with van der Waals surface area (Å²) in [6.45, 7) is 5.11. The molecule has 0 spiro atoms. The molecule has 0 radical (unpaired) electrons. The lowest BCUT2D eigenvalue weighted by Gasteiger charge is -2.36. The smallest absolute Gasteiger partial charge is 0.270 e. The first-order valence-corrected chi connectivity index (χ1v) is 21.1. The van der Waals surface area contributed by atoms with Gasteiger partial charge in [-0.15, -0.1) is 0 Å². The van der Waals surface area contributed by atoms with E-state index >= 15 is 0 Å². The van der Waals surface area contributed by atoms with Crippen LogP contribution < -0.4 is 4.72 Å². The van der Waals surface area contributed by atoms with Crippen LogP contribution in [0.15, 0.2) is 47.4 Å². The number of hydrogen-bond donors (Lipinski definition) is 1. The van der Waals surface area contributed by atoms with Crippen molar-refractivity contribution in [1.29, 1.82) is 0 Å². The lowest BCUT2D eigenvalue weighted by molar-refractivity contribution is -0.385. The molecule has 3 aromatic rings. The van der Waals surface area contributed by atoms with E-state index in [1.807, 2.05) is 16.8 Å². The largest absolute Gasteiger partial charge is 0.340 e. The molecule has 1 N–H and O–H groups in total. The first-order valence-electron chi connectivity index (χ1n) is 17.4. The number of carbonyl (C=O) groups is 1. The SMILES string of the molecule is CS(=O)(=O)N1CCc2c(c(-c3ccc(Cl)c(CCCNS(=O)(=O)c4cccc([N+](=O)[O-])c4)c3)nn2CCCN2CCC(N3CCCC3=O)CC2)C1. The number of nitro benzene ring substituents is 1. The molecule has 14 nitrogen and oxygen atoms in total. The summed E-state index contributed by atoms with van der Waals surface area (Å²) in [6.07, 6.45) is 7.15. The molecule has 51 heavy (non-hydrogen) atoms. The molecular formula is C34H44ClN7O7S2. The van der Waals surface area contributed by atoms with Crippen molar-refractivity contribution in [2.75, 3.05) is 45.5 Å². The summed E-state index contributed by atoms with van der Waals surface area (Å²) >= 11 is 6.58. The minimum absolute atomic E-state index is 0.0903. The Morgan fingerprint density at radius 2 is 1.78 bits per heavy atom. The van der Waals surface area contributed by atoms with Crippen molar-refractivity contribution in [2.24, 2.45) is 0 Å². The number of amides is 1. The Hall–Kier alpha value is -3.41. The highest BCUT2D eigenvalue weighted by Gasteiger charge is 2.32. The van der Waals surface area contributed by atoms with E-state index in [9.17, 15) is 31.7 Å². The standard InChI is InChI=1S/C34H44ClN7O7S2/c1-50(46,47)39-21-14-32-30(24-39)34(37-41(32)18-5-16-38-19-12-27(13-20-38)40-17-4-9-33(40)43)26-10-11-31(35)25(22-26)6-3-15-36-51(48,49)29-8-2-7-28(23-29)42(44)45/h2,7-8,10-11,22-23,27,36H,3-6,9,12-21,24H2,1H3. The van der Waals surface area contributed by atoms with Crippen molar-refractivity contribution in [3.05, 3.63) is 74.4 Å². The maximum absolute atomic E-state index is 12.8. The molecule has 1 aromatic heterocycles. The summed E-state index contributed by atoms with van der Waals surface area (Å²) in [6, 6.07) is 10.8. The zero-order chi connectivity index (χ0) is 36.3. The Morgan fingerprint density at radius 3 is 2.49 bits per heavy atom. The summed E-state index contributed by atoms with van der Waals surface area (Å²) in [4.78, 5) is 27.0. The van der Waals surface area contributed by atoms with Crippen LogP contribution in [0.5, 0.6) is 0 Å². The maximum Gasteiger partial charge on any atom is 0.270 e. The van der Waals surface area contributed by atoms with Gasteiger partial charge in [-0.1, -0.05) is 23.7 Å². The fourth-order valence-corrected chi connectivity index (χ4v) is 9.48. The number of nitrogens with one attached hydrogen (secondary N) is 1. The molecule has 3 aliphatic heterocycles. The third-order valence-electron chi connectivity index (χ3n) is 10.1. The molecule has 1 amide bonds. The molecular weight excluding hydrogens is 718 g/mol. The highest BCUT2D eigenvalue weighted by atomic mass is 35.5. The van der Waals surface area contributed by atoms with Gasteiger partial charge in [0.2, 0.25) is 26.0 Å². The van der Waals surface area contributed by atoms with Gasteiger partial charge in [0, 0.05) is 98.7 Å². The van der Waals surface area contributed by atoms with E-state index in [1.165, 1.54) is 28.8 Å². The second-order valence-corrected chi connectivity index (χ2v) is 17.7. The van der Waals surface area contributed by atoms with Crippen LogP contribution in [0.4, 0.5) is 5.69 Å². The first-order chi connectivity index (χ1) is 24.3. The van der Waals surface area contributed by atoms with Gasteiger partial charge in [-0.05, 0) is 68.8 Å². The van der Waals surface area contributed by atoms with Gasteiger partial charge < -0.3 is 9.80 Å². The number of nitrogens with zero attached hydrogens (tertiary/aromatic N) is 6. The predicted molar refractivity (Wildman–Crippen MR) is 193 cm³/mol. The number of non-ortho nitro benzene ring substituents is 1. The van der Waals surface area contributed by atoms with Crippen LogP contribution in [0.25, 0.3) is 11.3 Å². The molecule has 0 unspecified atom stereocenters. The zero-order valence-corrected chi connectivity index (χ0v) is 31.1. The molecule has 4 heterocycles. The number of hydrogen-bond acceptors (Lipinski definition) is 9. The average molecular weight is 762 g/mol. The summed E-state index contributed by atoms with van der Waals surface area (Å²) < 4.78 is 56.6. The van der Waals surface area contributed by atoms with Gasteiger partial charge in [-0.3, -0.25) is 19.6 Å². The van der Waals surface area contributed by atoms with E-state index in [0.29, 0.717) is 55.5 Å². The number of nitro groups is 1. The Balaban J connectivity index is 1.12. The van der Waals surface area contributed by atoms with Crippen LogP contribution in [-0.4, -0.2) is 103 Å². The van der Waals surface area contributed by atoms with E-state index in [1.54, 1.807) is 6.07 Å². The number of rotatable bonds is 14. The second-order valence-electron chi connectivity index (χ2n) is 13.5. The van der Waals surface area contributed by atoms with Crippen LogP contribution in [0, 0.1) is 10.1 Å². The topological polar surface area (TPSA) is 168 Å². The number of carbonyl (C=O) groups excluding carboxylic acids is 1. The van der Waals surface area contributed by atoms with Crippen LogP contribution >= 0.6 is 11.6 Å². The third-order valence-corrected chi connectivity index (χ3v) is 13.2. The van der Waals surface area contributed by atoms with Crippen molar-refractivity contribution in [1.82, 2.24) is 28.6 Å². The van der Waals surface area contributed by atoms with E-state index in [0.717, 1.165) is 80.3 Å². The Bertz CT molecular complexity index is 2000. The number of halogens is 1. The van der Waals surface area contributed by atoms with Gasteiger partial charge in [-0.2, -0.15) is 9.40 Å². The van der Waals surface area contributed by atoms with E-state index < -0.39 is 25.0 Å². The minimum atomic E-state index is -3.95. The molecule has 0 aliphatic carbocycles. The Morgan fingerprint density at radius 1 is 1.00 bits per heavy atom. The molecule has 0 bridgehead atoms. The van der Waals surface area contributed by atoms with Crippen LogP contribution in [0.2, 0.25) is 5.02 Å². The number of fused-ring (bicyclic) bond motifs is 1. The van der Waals surface area contributed by atoms with Gasteiger partial charge in [0.25, 0.3) is 5.69 Å². The fourth-order valence-electron chi connectivity index (χ4n) is 7.37. The molecule has 0 saturated carbocycles. The van der Waals surface area contributed by atoms with E-state index in [2.05, 4.69) is 14.5 Å².